The molecule has 3 heteroatoms. The van der Waals surface area contributed by atoms with Gasteiger partial charge in [0, 0.05) is 18.6 Å². The monoisotopic (exact) mass is 149 g/mol. The first-order valence-corrected chi connectivity index (χ1v) is 3.38. The fourth-order valence-electron chi connectivity index (χ4n) is 0.766. The predicted octanol–water partition coefficient (Wildman–Crippen LogP) is 1.71. The van der Waals surface area contributed by atoms with Crippen LogP contribution >= 0.6 is 0 Å². The minimum Gasteiger partial charge on any atom is -0.309 e. The van der Waals surface area contributed by atoms with Gasteiger partial charge >= 0.3 is 0 Å². The molecule has 0 saturated heterocycles. The van der Waals surface area contributed by atoms with E-state index >= 15 is 0 Å². The highest BCUT2D eigenvalue weighted by atomic mass is 15.0. The standard InChI is InChI=1S/C8H11N3/c1-7(9-3)6-11-5-4-10-8(11)2/h4-6H,3H2,1-2H3/b7-6-. The second-order valence-electron chi connectivity index (χ2n) is 2.31. The van der Waals surface area contributed by atoms with E-state index < -0.39 is 0 Å². The van der Waals surface area contributed by atoms with Crippen molar-refractivity contribution in [1.29, 1.82) is 0 Å². The lowest BCUT2D eigenvalue weighted by molar-refractivity contribution is 1.02. The second kappa shape index (κ2) is 3.14. The lowest BCUT2D eigenvalue weighted by Crippen LogP contribution is -1.88. The molecule has 0 unspecified atom stereocenters. The smallest absolute Gasteiger partial charge is 0.109 e. The van der Waals surface area contributed by atoms with Crippen LogP contribution in [0.1, 0.15) is 12.7 Å². The molecule has 0 bridgehead atoms. The first-order valence-electron chi connectivity index (χ1n) is 3.38. The molecular formula is C8H11N3. The molecule has 0 aliphatic rings. The summed E-state index contributed by atoms with van der Waals surface area (Å²) in [5.41, 5.74) is 0.881. The third kappa shape index (κ3) is 1.77. The highest BCUT2D eigenvalue weighted by Crippen LogP contribution is 2.00. The van der Waals surface area contributed by atoms with Crippen molar-refractivity contribution in [3.8, 4) is 0 Å². The summed E-state index contributed by atoms with van der Waals surface area (Å²) in [5.74, 6) is 0.952. The fourth-order valence-corrected chi connectivity index (χ4v) is 0.766. The molecule has 0 fully saturated rings. The summed E-state index contributed by atoms with van der Waals surface area (Å²) in [6, 6.07) is 0. The van der Waals surface area contributed by atoms with Crippen LogP contribution in [0.3, 0.4) is 0 Å². The average molecular weight is 149 g/mol. The van der Waals surface area contributed by atoms with Crippen molar-refractivity contribution in [2.75, 3.05) is 0 Å². The number of aryl methyl sites for hydroxylation is 1. The van der Waals surface area contributed by atoms with Crippen LogP contribution in [0.2, 0.25) is 0 Å². The van der Waals surface area contributed by atoms with Crippen LogP contribution in [-0.4, -0.2) is 16.3 Å². The Morgan fingerprint density at radius 2 is 2.55 bits per heavy atom. The lowest BCUT2D eigenvalue weighted by atomic mass is 10.5. The van der Waals surface area contributed by atoms with Gasteiger partial charge < -0.3 is 4.57 Å². The molecule has 0 radical (unpaired) electrons. The number of hydrogen-bond acceptors (Lipinski definition) is 2. The van der Waals surface area contributed by atoms with Gasteiger partial charge in [0.25, 0.3) is 0 Å². The zero-order chi connectivity index (χ0) is 8.27. The van der Waals surface area contributed by atoms with Crippen LogP contribution in [0, 0.1) is 6.92 Å². The molecule has 3 nitrogen and oxygen atoms in total. The molecule has 0 aliphatic heterocycles. The second-order valence-corrected chi connectivity index (χ2v) is 2.31. The Kier molecular flexibility index (Phi) is 2.21. The van der Waals surface area contributed by atoms with Gasteiger partial charge in [-0.3, -0.25) is 4.99 Å². The molecule has 0 aliphatic carbocycles. The Morgan fingerprint density at radius 1 is 1.82 bits per heavy atom. The molecule has 0 amide bonds. The van der Waals surface area contributed by atoms with E-state index in [4.69, 9.17) is 0 Å². The number of rotatable bonds is 2. The Bertz CT molecular complexity index is 283. The molecule has 0 aromatic carbocycles. The maximum Gasteiger partial charge on any atom is 0.109 e. The summed E-state index contributed by atoms with van der Waals surface area (Å²) in [5, 5.41) is 0. The van der Waals surface area contributed by atoms with Gasteiger partial charge in [0.15, 0.2) is 0 Å². The van der Waals surface area contributed by atoms with E-state index in [0.717, 1.165) is 11.5 Å². The van der Waals surface area contributed by atoms with Gasteiger partial charge in [-0.2, -0.15) is 0 Å². The summed E-state index contributed by atoms with van der Waals surface area (Å²) >= 11 is 0. The number of aromatic nitrogens is 2. The van der Waals surface area contributed by atoms with Gasteiger partial charge in [-0.25, -0.2) is 4.98 Å². The van der Waals surface area contributed by atoms with Crippen molar-refractivity contribution < 1.29 is 0 Å². The Morgan fingerprint density at radius 3 is 3.00 bits per heavy atom. The molecule has 58 valence electrons. The molecule has 1 aromatic rings. The van der Waals surface area contributed by atoms with E-state index in [1.807, 2.05) is 30.8 Å². The van der Waals surface area contributed by atoms with E-state index in [9.17, 15) is 0 Å². The van der Waals surface area contributed by atoms with Gasteiger partial charge in [-0.1, -0.05) is 0 Å². The first kappa shape index (κ1) is 7.72. The van der Waals surface area contributed by atoms with Crippen LogP contribution in [0.4, 0.5) is 0 Å². The molecule has 1 rings (SSSR count). The molecule has 0 saturated carbocycles. The van der Waals surface area contributed by atoms with Crippen molar-refractivity contribution >= 4 is 12.9 Å². The zero-order valence-corrected chi connectivity index (χ0v) is 6.78. The normalized spacial score (nSPS) is 11.6. The molecule has 1 aromatic heterocycles. The topological polar surface area (TPSA) is 30.2 Å². The van der Waals surface area contributed by atoms with Crippen LogP contribution < -0.4 is 0 Å². The third-order valence-electron chi connectivity index (χ3n) is 1.44. The molecular weight excluding hydrogens is 138 g/mol. The summed E-state index contributed by atoms with van der Waals surface area (Å²) in [7, 11) is 0. The van der Waals surface area contributed by atoms with Crippen molar-refractivity contribution in [2.24, 2.45) is 4.99 Å². The predicted molar refractivity (Wildman–Crippen MR) is 46.5 cm³/mol. The van der Waals surface area contributed by atoms with Gasteiger partial charge in [-0.15, -0.1) is 0 Å². The van der Waals surface area contributed by atoms with Crippen molar-refractivity contribution in [3.05, 3.63) is 23.9 Å². The summed E-state index contributed by atoms with van der Waals surface area (Å²) < 4.78 is 1.91. The zero-order valence-electron chi connectivity index (χ0n) is 6.78. The largest absolute Gasteiger partial charge is 0.309 e. The van der Waals surface area contributed by atoms with Gasteiger partial charge in [-0.05, 0) is 20.6 Å². The highest BCUT2D eigenvalue weighted by Gasteiger charge is 1.91. The Balaban J connectivity index is 2.94. The minimum atomic E-state index is 0.881. The van der Waals surface area contributed by atoms with E-state index in [1.165, 1.54) is 0 Å². The maximum absolute atomic E-state index is 4.06. The number of imidazole rings is 1. The molecule has 1 heterocycles. The summed E-state index contributed by atoms with van der Waals surface area (Å²) in [6.45, 7) is 7.25. The Hall–Kier alpha value is -1.38. The number of hydrogen-bond donors (Lipinski definition) is 0. The summed E-state index contributed by atoms with van der Waals surface area (Å²) in [6.07, 6.45) is 5.52. The van der Waals surface area contributed by atoms with Gasteiger partial charge in [0.1, 0.15) is 5.82 Å². The first-order chi connectivity index (χ1) is 5.24. The molecule has 0 atom stereocenters. The van der Waals surface area contributed by atoms with Crippen molar-refractivity contribution in [1.82, 2.24) is 9.55 Å². The molecule has 11 heavy (non-hydrogen) atoms. The van der Waals surface area contributed by atoms with Crippen LogP contribution in [-0.2, 0) is 0 Å². The summed E-state index contributed by atoms with van der Waals surface area (Å²) in [4.78, 5) is 7.83. The SMILES string of the molecule is C=N/C(C)=C\n1ccnc1C. The maximum atomic E-state index is 4.06. The molecule has 0 N–H and O–H groups in total. The van der Waals surface area contributed by atoms with Crippen molar-refractivity contribution in [2.45, 2.75) is 13.8 Å². The average Bonchev–Trinajstić information content (AvgIpc) is 2.37. The van der Waals surface area contributed by atoms with E-state index in [-0.39, 0.29) is 0 Å². The Labute approximate surface area is 66.1 Å². The number of nitrogens with zero attached hydrogens (tertiary/aromatic N) is 3. The van der Waals surface area contributed by atoms with E-state index in [1.54, 1.807) is 6.20 Å². The van der Waals surface area contributed by atoms with Crippen LogP contribution in [0.25, 0.3) is 6.20 Å². The number of aliphatic imine (C=N–C) groups is 1. The van der Waals surface area contributed by atoms with Gasteiger partial charge in [0.2, 0.25) is 0 Å². The van der Waals surface area contributed by atoms with E-state index in [0.29, 0.717) is 0 Å². The van der Waals surface area contributed by atoms with Crippen molar-refractivity contribution in [3.63, 3.8) is 0 Å². The minimum absolute atomic E-state index is 0.881. The quantitative estimate of drug-likeness (QED) is 0.589. The van der Waals surface area contributed by atoms with Gasteiger partial charge in [0.05, 0.1) is 5.70 Å². The van der Waals surface area contributed by atoms with Crippen LogP contribution in [0.15, 0.2) is 23.1 Å². The lowest BCUT2D eigenvalue weighted by Gasteiger charge is -1.96. The number of allylic oxidation sites excluding steroid dienone is 1. The third-order valence-corrected chi connectivity index (χ3v) is 1.44. The van der Waals surface area contributed by atoms with Crippen LogP contribution in [0.5, 0.6) is 0 Å². The highest BCUT2D eigenvalue weighted by molar-refractivity contribution is 5.37. The fraction of sp³-hybridized carbons (Fsp3) is 0.250. The van der Waals surface area contributed by atoms with E-state index in [2.05, 4.69) is 16.7 Å². The molecule has 0 spiro atoms.